The molecule has 1 heterocycles. The molecule has 1 saturated heterocycles. The Bertz CT molecular complexity index is 701. The Morgan fingerprint density at radius 2 is 1.92 bits per heavy atom. The molecule has 25 heavy (non-hydrogen) atoms. The number of carbonyl (C=O) groups is 3. The van der Waals surface area contributed by atoms with Crippen LogP contribution in [0.3, 0.4) is 0 Å². The van der Waals surface area contributed by atoms with Gasteiger partial charge in [0.15, 0.2) is 0 Å². The van der Waals surface area contributed by atoms with Crippen molar-refractivity contribution >= 4 is 17.9 Å². The average Bonchev–Trinajstić information content (AvgIpc) is 2.70. The number of imide groups is 1. The Labute approximate surface area is 147 Å². The Morgan fingerprint density at radius 3 is 2.56 bits per heavy atom. The zero-order chi connectivity index (χ0) is 18.2. The fourth-order valence-corrected chi connectivity index (χ4v) is 4.43. The first kappa shape index (κ1) is 17.5. The van der Waals surface area contributed by atoms with E-state index in [0.717, 1.165) is 11.3 Å². The predicted octanol–water partition coefficient (Wildman–Crippen LogP) is 2.73. The van der Waals surface area contributed by atoms with Crippen LogP contribution in [0.5, 0.6) is 5.75 Å². The minimum Gasteiger partial charge on any atom is -0.425 e. The smallest absolute Gasteiger partial charge is 0.331 e. The van der Waals surface area contributed by atoms with Crippen LogP contribution in [0.4, 0.5) is 4.79 Å². The number of rotatable bonds is 3. The number of benzene rings is 1. The molecular weight excluding hydrogens is 320 g/mol. The van der Waals surface area contributed by atoms with E-state index in [1.54, 1.807) is 24.3 Å². The molecule has 134 valence electrons. The van der Waals surface area contributed by atoms with E-state index in [9.17, 15) is 14.4 Å². The Morgan fingerprint density at radius 1 is 1.24 bits per heavy atom. The number of nitrogens with one attached hydrogen (secondary N) is 1. The molecule has 6 heteroatoms. The van der Waals surface area contributed by atoms with E-state index in [1.165, 1.54) is 0 Å². The highest BCUT2D eigenvalue weighted by atomic mass is 16.5. The van der Waals surface area contributed by atoms with Gasteiger partial charge in [0.1, 0.15) is 17.8 Å². The third-order valence-corrected chi connectivity index (χ3v) is 4.89. The highest BCUT2D eigenvalue weighted by Gasteiger charge is 2.56. The first-order valence-electron chi connectivity index (χ1n) is 8.61. The van der Waals surface area contributed by atoms with Crippen LogP contribution in [0.15, 0.2) is 30.3 Å². The average molecular weight is 344 g/mol. The molecule has 2 atom stereocenters. The van der Waals surface area contributed by atoms with Gasteiger partial charge in [0.25, 0.3) is 5.91 Å². The van der Waals surface area contributed by atoms with E-state index in [1.807, 2.05) is 6.07 Å². The lowest BCUT2D eigenvalue weighted by Crippen LogP contribution is -2.54. The molecule has 1 aromatic rings. The molecule has 2 aliphatic rings. The number of carbonyl (C=O) groups excluding carboxylic acids is 3. The molecule has 1 aromatic carbocycles. The van der Waals surface area contributed by atoms with Crippen molar-refractivity contribution in [3.63, 3.8) is 0 Å². The van der Waals surface area contributed by atoms with E-state index >= 15 is 0 Å². The molecule has 1 aliphatic carbocycles. The summed E-state index contributed by atoms with van der Waals surface area (Å²) >= 11 is 0. The summed E-state index contributed by atoms with van der Waals surface area (Å²) in [6.07, 6.45) is 2.19. The van der Waals surface area contributed by atoms with E-state index in [2.05, 4.69) is 26.1 Å². The van der Waals surface area contributed by atoms with Crippen LogP contribution in [-0.2, 0) is 9.59 Å². The van der Waals surface area contributed by atoms with E-state index in [4.69, 9.17) is 4.74 Å². The third-order valence-electron chi connectivity index (χ3n) is 4.89. The fraction of sp³-hybridized carbons (Fsp3) is 0.526. The number of hydrogen-bond donors (Lipinski definition) is 1. The minimum atomic E-state index is -0.898. The highest BCUT2D eigenvalue weighted by Crippen LogP contribution is 2.46. The van der Waals surface area contributed by atoms with Gasteiger partial charge in [-0.2, -0.15) is 0 Å². The van der Waals surface area contributed by atoms with Gasteiger partial charge in [0.2, 0.25) is 0 Å². The lowest BCUT2D eigenvalue weighted by Gasteiger charge is -2.43. The van der Waals surface area contributed by atoms with Crippen LogP contribution >= 0.6 is 0 Å². The summed E-state index contributed by atoms with van der Waals surface area (Å²) in [7, 11) is 0. The number of hydrogen-bond acceptors (Lipinski definition) is 4. The summed E-state index contributed by atoms with van der Waals surface area (Å²) < 4.78 is 5.20. The van der Waals surface area contributed by atoms with Crippen LogP contribution in [0.25, 0.3) is 0 Å². The summed E-state index contributed by atoms with van der Waals surface area (Å²) in [5, 5.41) is 2.85. The summed E-state index contributed by atoms with van der Waals surface area (Å²) in [5.41, 5.74) is -0.938. The monoisotopic (exact) mass is 344 g/mol. The van der Waals surface area contributed by atoms with Gasteiger partial charge in [-0.05, 0) is 42.7 Å². The Balaban J connectivity index is 1.72. The van der Waals surface area contributed by atoms with Crippen LogP contribution in [-0.4, -0.2) is 34.9 Å². The van der Waals surface area contributed by atoms with Gasteiger partial charge in [-0.3, -0.25) is 9.69 Å². The lowest BCUT2D eigenvalue weighted by molar-refractivity contribution is -0.142. The zero-order valence-corrected chi connectivity index (χ0v) is 14.9. The van der Waals surface area contributed by atoms with Gasteiger partial charge in [-0.1, -0.05) is 39.0 Å². The highest BCUT2D eigenvalue weighted by molar-refractivity contribution is 6.08. The van der Waals surface area contributed by atoms with Crippen molar-refractivity contribution in [3.8, 4) is 5.75 Å². The van der Waals surface area contributed by atoms with Gasteiger partial charge < -0.3 is 10.1 Å². The first-order chi connectivity index (χ1) is 11.7. The van der Waals surface area contributed by atoms with Crippen molar-refractivity contribution in [2.24, 2.45) is 11.3 Å². The van der Waals surface area contributed by atoms with Gasteiger partial charge >= 0.3 is 12.0 Å². The molecule has 1 saturated carbocycles. The molecule has 0 radical (unpaired) electrons. The summed E-state index contributed by atoms with van der Waals surface area (Å²) in [6.45, 7) is 5.93. The molecule has 3 amide bonds. The van der Waals surface area contributed by atoms with E-state index in [-0.39, 0.29) is 17.9 Å². The number of amides is 3. The topological polar surface area (TPSA) is 75.7 Å². The maximum absolute atomic E-state index is 12.9. The Kier molecular flexibility index (Phi) is 4.31. The summed E-state index contributed by atoms with van der Waals surface area (Å²) in [6, 6.07) is 8.09. The minimum absolute atomic E-state index is 0.0405. The van der Waals surface area contributed by atoms with Crippen molar-refractivity contribution in [3.05, 3.63) is 30.3 Å². The molecule has 6 nitrogen and oxygen atoms in total. The van der Waals surface area contributed by atoms with Crippen LogP contribution in [0, 0.1) is 11.3 Å². The molecular formula is C19H24N2O4. The standard InChI is InChI=1S/C19H24N2O4/c1-13-9-18(2,3)12-19(10-13)16(23)21(17(24)20-19)11-15(22)25-14-7-5-4-6-8-14/h4-8,13H,9-12H2,1-3H3,(H,20,24)/t13-,19+/m0/s1. The summed E-state index contributed by atoms with van der Waals surface area (Å²) in [5.74, 6) is -0.233. The first-order valence-corrected chi connectivity index (χ1v) is 8.61. The number of nitrogens with zero attached hydrogens (tertiary/aromatic N) is 1. The maximum atomic E-state index is 12.9. The SMILES string of the molecule is C[C@H]1CC(C)(C)C[C@@]2(C1)NC(=O)N(CC(=O)Oc1ccccc1)C2=O. The lowest BCUT2D eigenvalue weighted by atomic mass is 9.64. The fourth-order valence-electron chi connectivity index (χ4n) is 4.43. The van der Waals surface area contributed by atoms with Crippen LogP contribution in [0.2, 0.25) is 0 Å². The number of para-hydroxylation sites is 1. The largest absolute Gasteiger partial charge is 0.425 e. The van der Waals surface area contributed by atoms with E-state index in [0.29, 0.717) is 24.5 Å². The van der Waals surface area contributed by atoms with Gasteiger partial charge in [-0.25, -0.2) is 9.59 Å². The second-order valence-corrected chi connectivity index (χ2v) is 8.05. The zero-order valence-electron chi connectivity index (χ0n) is 14.9. The molecule has 0 aromatic heterocycles. The van der Waals surface area contributed by atoms with Crippen LogP contribution in [0.1, 0.15) is 40.0 Å². The number of esters is 1. The van der Waals surface area contributed by atoms with Crippen molar-refractivity contribution in [2.45, 2.75) is 45.6 Å². The number of urea groups is 1. The van der Waals surface area contributed by atoms with Gasteiger partial charge in [0.05, 0.1) is 0 Å². The third kappa shape index (κ3) is 3.52. The molecule has 0 unspecified atom stereocenters. The number of ether oxygens (including phenoxy) is 1. The molecule has 1 spiro atoms. The van der Waals surface area contributed by atoms with Crippen molar-refractivity contribution in [1.82, 2.24) is 10.2 Å². The molecule has 1 N–H and O–H groups in total. The molecule has 2 fully saturated rings. The predicted molar refractivity (Wildman–Crippen MR) is 91.8 cm³/mol. The second kappa shape index (κ2) is 6.17. The molecule has 1 aliphatic heterocycles. The normalized spacial score (nSPS) is 28.1. The Hall–Kier alpha value is -2.37. The van der Waals surface area contributed by atoms with Crippen molar-refractivity contribution < 1.29 is 19.1 Å². The molecule has 3 rings (SSSR count). The maximum Gasteiger partial charge on any atom is 0.331 e. The van der Waals surface area contributed by atoms with Gasteiger partial charge in [0, 0.05) is 0 Å². The molecule has 0 bridgehead atoms. The van der Waals surface area contributed by atoms with E-state index < -0.39 is 17.5 Å². The van der Waals surface area contributed by atoms with Crippen molar-refractivity contribution in [1.29, 1.82) is 0 Å². The van der Waals surface area contributed by atoms with Crippen LogP contribution < -0.4 is 10.1 Å². The summed E-state index contributed by atoms with van der Waals surface area (Å²) in [4.78, 5) is 38.4. The van der Waals surface area contributed by atoms with Gasteiger partial charge in [-0.15, -0.1) is 0 Å². The van der Waals surface area contributed by atoms with Crippen molar-refractivity contribution in [2.75, 3.05) is 6.54 Å². The quantitative estimate of drug-likeness (QED) is 0.520. The second-order valence-electron chi connectivity index (χ2n) is 8.05.